The summed E-state index contributed by atoms with van der Waals surface area (Å²) in [6, 6.07) is 3.07. The molecule has 1 N–H and O–H groups in total. The number of carboxylic acids is 1. The van der Waals surface area contributed by atoms with E-state index in [1.54, 1.807) is 18.5 Å². The first kappa shape index (κ1) is 14.0. The molecule has 0 spiro atoms. The number of hydrogen-bond donors (Lipinski definition) is 1. The number of rotatable bonds is 4. The fraction of sp³-hybridized carbons (Fsp3) is 0.154. The van der Waals surface area contributed by atoms with Crippen molar-refractivity contribution in [1.29, 1.82) is 0 Å². The second-order valence-corrected chi connectivity index (χ2v) is 5.10. The summed E-state index contributed by atoms with van der Waals surface area (Å²) < 4.78 is 2.44. The van der Waals surface area contributed by atoms with Crippen molar-refractivity contribution in [3.05, 3.63) is 61.1 Å². The van der Waals surface area contributed by atoms with Crippen molar-refractivity contribution in [2.75, 3.05) is 0 Å². The lowest BCUT2D eigenvalue weighted by Gasteiger charge is -2.05. The molecular weight excluding hydrogens is 280 g/mol. The van der Waals surface area contributed by atoms with Gasteiger partial charge in [-0.1, -0.05) is 0 Å². The van der Waals surface area contributed by atoms with Crippen LogP contribution in [0.4, 0.5) is 0 Å². The Morgan fingerprint density at radius 3 is 2.85 bits per heavy atom. The normalized spacial score (nSPS) is 11.1. The van der Waals surface area contributed by atoms with Crippen LogP contribution >= 0.6 is 11.3 Å². The number of hydrogen-bond acceptors (Lipinski definition) is 4. The Hall–Kier alpha value is -2.41. The van der Waals surface area contributed by atoms with Crippen molar-refractivity contribution < 1.29 is 9.90 Å². The van der Waals surface area contributed by atoms with E-state index in [1.165, 1.54) is 34.2 Å². The lowest BCUT2D eigenvalue weighted by Crippen LogP contribution is -2.38. The van der Waals surface area contributed by atoms with Gasteiger partial charge in [0.1, 0.15) is 0 Å². The number of aromatic nitrogens is 2. The van der Waals surface area contributed by atoms with Gasteiger partial charge in [-0.05, 0) is 23.1 Å². The number of thiophene rings is 1. The lowest BCUT2D eigenvalue weighted by atomic mass is 10.2. The fourth-order valence-corrected chi connectivity index (χ4v) is 2.55. The number of carbonyl (C=O) groups is 1. The van der Waals surface area contributed by atoms with Gasteiger partial charge in [0.15, 0.2) is 0 Å². The number of aryl methyl sites for hydroxylation is 1. The van der Waals surface area contributed by atoms with Crippen LogP contribution in [0.1, 0.15) is 10.4 Å². The largest absolute Gasteiger partial charge is 0.478 e. The highest BCUT2D eigenvalue weighted by Gasteiger charge is 2.08. The predicted octanol–water partition coefficient (Wildman–Crippen LogP) is 0.755. The Bertz CT molecular complexity index is 782. The average molecular weight is 292 g/mol. The molecule has 2 rings (SSSR count). The highest BCUT2D eigenvalue weighted by molar-refractivity contribution is 7.10. The predicted molar refractivity (Wildman–Crippen MR) is 76.0 cm³/mol. The maximum Gasteiger partial charge on any atom is 0.331 e. The molecule has 20 heavy (non-hydrogen) atoms. The van der Waals surface area contributed by atoms with E-state index < -0.39 is 11.7 Å². The lowest BCUT2D eigenvalue weighted by molar-refractivity contribution is -0.131. The molecule has 0 radical (unpaired) electrons. The Kier molecular flexibility index (Phi) is 3.99. The topological polar surface area (TPSA) is 81.3 Å². The second-order valence-electron chi connectivity index (χ2n) is 4.10. The minimum Gasteiger partial charge on any atom is -0.478 e. The zero-order valence-electron chi connectivity index (χ0n) is 10.6. The van der Waals surface area contributed by atoms with Crippen LogP contribution in [0.3, 0.4) is 0 Å². The summed E-state index contributed by atoms with van der Waals surface area (Å²) in [6.07, 6.45) is 3.89. The Labute approximate surface area is 117 Å². The van der Waals surface area contributed by atoms with Gasteiger partial charge in [0.25, 0.3) is 5.56 Å². The van der Waals surface area contributed by atoms with Crippen LogP contribution in [0.5, 0.6) is 0 Å². The highest BCUT2D eigenvalue weighted by Crippen LogP contribution is 2.18. The smallest absolute Gasteiger partial charge is 0.331 e. The molecule has 0 amide bonds. The molecule has 0 bridgehead atoms. The van der Waals surface area contributed by atoms with Crippen molar-refractivity contribution in [2.24, 2.45) is 7.05 Å². The van der Waals surface area contributed by atoms with Crippen LogP contribution < -0.4 is 11.2 Å². The minimum atomic E-state index is -1.05. The van der Waals surface area contributed by atoms with Gasteiger partial charge in [-0.3, -0.25) is 9.36 Å². The van der Waals surface area contributed by atoms with E-state index in [0.29, 0.717) is 5.56 Å². The standard InChI is InChI=1S/C13H12N2O4S/c1-14-6-4-11(16)15(13(14)19)8-10-9(5-7-20-10)2-3-12(17)18/h2-7H,8H2,1H3,(H,17,18). The molecule has 0 unspecified atom stereocenters. The number of nitrogens with zero attached hydrogens (tertiary/aromatic N) is 2. The Morgan fingerprint density at radius 1 is 1.40 bits per heavy atom. The van der Waals surface area contributed by atoms with E-state index >= 15 is 0 Å². The van der Waals surface area contributed by atoms with Crippen molar-refractivity contribution in [3.63, 3.8) is 0 Å². The summed E-state index contributed by atoms with van der Waals surface area (Å²) in [5.74, 6) is -1.05. The fourth-order valence-electron chi connectivity index (χ4n) is 1.69. The molecule has 104 valence electrons. The van der Waals surface area contributed by atoms with Gasteiger partial charge in [-0.25, -0.2) is 9.59 Å². The second kappa shape index (κ2) is 5.70. The first-order chi connectivity index (χ1) is 9.49. The van der Waals surface area contributed by atoms with Crippen LogP contribution in [0.25, 0.3) is 6.08 Å². The van der Waals surface area contributed by atoms with Crippen molar-refractivity contribution >= 4 is 23.4 Å². The monoisotopic (exact) mass is 292 g/mol. The van der Waals surface area contributed by atoms with Gasteiger partial charge in [-0.15, -0.1) is 11.3 Å². The van der Waals surface area contributed by atoms with Crippen LogP contribution in [0, 0.1) is 0 Å². The van der Waals surface area contributed by atoms with E-state index in [2.05, 4.69) is 0 Å². The molecule has 2 aromatic heterocycles. The third-order valence-electron chi connectivity index (χ3n) is 2.73. The Morgan fingerprint density at radius 2 is 2.15 bits per heavy atom. The first-order valence-electron chi connectivity index (χ1n) is 5.73. The molecule has 0 aliphatic heterocycles. The molecule has 0 saturated heterocycles. The number of aliphatic carboxylic acids is 1. The van der Waals surface area contributed by atoms with Crippen molar-refractivity contribution in [3.8, 4) is 0 Å². The molecule has 0 saturated carbocycles. The third kappa shape index (κ3) is 2.94. The van der Waals surface area contributed by atoms with Crippen molar-refractivity contribution in [1.82, 2.24) is 9.13 Å². The summed E-state index contributed by atoms with van der Waals surface area (Å²) in [6.45, 7) is 0.128. The van der Waals surface area contributed by atoms with Crippen LogP contribution in [0.15, 0.2) is 39.4 Å². The molecule has 0 atom stereocenters. The van der Waals surface area contributed by atoms with E-state index in [-0.39, 0.29) is 12.1 Å². The number of carboxylic acid groups (broad SMARTS) is 1. The summed E-state index contributed by atoms with van der Waals surface area (Å²) in [7, 11) is 1.57. The zero-order chi connectivity index (χ0) is 14.7. The summed E-state index contributed by atoms with van der Waals surface area (Å²) in [5, 5.41) is 10.4. The maximum absolute atomic E-state index is 11.9. The van der Waals surface area contributed by atoms with E-state index in [1.807, 2.05) is 0 Å². The quantitative estimate of drug-likeness (QED) is 0.843. The van der Waals surface area contributed by atoms with Crippen LogP contribution in [0.2, 0.25) is 0 Å². The molecule has 0 fully saturated rings. The van der Waals surface area contributed by atoms with Gasteiger partial charge >= 0.3 is 11.7 Å². The van der Waals surface area contributed by atoms with Gasteiger partial charge < -0.3 is 9.67 Å². The molecule has 6 nitrogen and oxygen atoms in total. The van der Waals surface area contributed by atoms with Crippen LogP contribution in [-0.4, -0.2) is 20.2 Å². The first-order valence-corrected chi connectivity index (χ1v) is 6.61. The Balaban J connectivity index is 2.40. The van der Waals surface area contributed by atoms with E-state index in [4.69, 9.17) is 5.11 Å². The minimum absolute atomic E-state index is 0.128. The zero-order valence-corrected chi connectivity index (χ0v) is 11.5. The van der Waals surface area contributed by atoms with Gasteiger partial charge in [-0.2, -0.15) is 0 Å². The van der Waals surface area contributed by atoms with Gasteiger partial charge in [0, 0.05) is 30.3 Å². The summed E-state index contributed by atoms with van der Waals surface area (Å²) in [4.78, 5) is 34.9. The SMILES string of the molecule is Cn1ccc(=O)n(Cc2sccc2C=CC(=O)O)c1=O. The average Bonchev–Trinajstić information content (AvgIpc) is 2.84. The molecule has 0 aromatic carbocycles. The van der Waals surface area contributed by atoms with Crippen LogP contribution in [-0.2, 0) is 18.4 Å². The van der Waals surface area contributed by atoms with Gasteiger partial charge in [0.05, 0.1) is 6.54 Å². The molecule has 2 heterocycles. The summed E-state index contributed by atoms with van der Waals surface area (Å²) in [5.41, 5.74) is -0.0936. The molecule has 0 aliphatic rings. The molecular formula is C13H12N2O4S. The molecule has 2 aromatic rings. The molecule has 7 heteroatoms. The molecule has 0 aliphatic carbocycles. The highest BCUT2D eigenvalue weighted by atomic mass is 32.1. The third-order valence-corrected chi connectivity index (χ3v) is 3.65. The van der Waals surface area contributed by atoms with E-state index in [9.17, 15) is 14.4 Å². The van der Waals surface area contributed by atoms with Gasteiger partial charge in [0.2, 0.25) is 0 Å². The van der Waals surface area contributed by atoms with E-state index in [0.717, 1.165) is 15.5 Å². The maximum atomic E-state index is 11.9. The van der Waals surface area contributed by atoms with Crippen molar-refractivity contribution in [2.45, 2.75) is 6.54 Å². The summed E-state index contributed by atoms with van der Waals surface area (Å²) >= 11 is 1.37.